The van der Waals surface area contributed by atoms with E-state index in [1.807, 2.05) is 38.1 Å². The SMILES string of the molecule is COc1cc(OC)c2c(C(=O)NC(=N)N)c(C)c(-c3ccccc3C)nc2c1. The van der Waals surface area contributed by atoms with E-state index in [2.05, 4.69) is 5.32 Å². The Kier molecular flexibility index (Phi) is 5.17. The van der Waals surface area contributed by atoms with Crippen molar-refractivity contribution in [1.82, 2.24) is 10.3 Å². The highest BCUT2D eigenvalue weighted by molar-refractivity contribution is 6.15. The van der Waals surface area contributed by atoms with Crippen LogP contribution < -0.4 is 20.5 Å². The molecule has 1 aromatic heterocycles. The number of fused-ring (bicyclic) bond motifs is 1. The predicted molar refractivity (Wildman–Crippen MR) is 109 cm³/mol. The Balaban J connectivity index is 2.44. The number of aryl methyl sites for hydroxylation is 1. The number of nitrogens with two attached hydrogens (primary N) is 1. The zero-order valence-electron chi connectivity index (χ0n) is 16.2. The van der Waals surface area contributed by atoms with E-state index in [-0.39, 0.29) is 0 Å². The summed E-state index contributed by atoms with van der Waals surface area (Å²) in [5.74, 6) is 0.0966. The molecule has 4 N–H and O–H groups in total. The van der Waals surface area contributed by atoms with Crippen molar-refractivity contribution in [2.75, 3.05) is 14.2 Å². The van der Waals surface area contributed by atoms with Gasteiger partial charge in [-0.05, 0) is 25.0 Å². The first kappa shape index (κ1) is 19.2. The van der Waals surface area contributed by atoms with Gasteiger partial charge in [-0.15, -0.1) is 0 Å². The summed E-state index contributed by atoms with van der Waals surface area (Å²) in [5.41, 5.74) is 9.60. The fraction of sp³-hybridized carbons (Fsp3) is 0.190. The maximum atomic E-state index is 12.9. The van der Waals surface area contributed by atoms with Gasteiger partial charge in [0.1, 0.15) is 11.5 Å². The first-order valence-corrected chi connectivity index (χ1v) is 8.65. The summed E-state index contributed by atoms with van der Waals surface area (Å²) < 4.78 is 10.9. The molecule has 1 heterocycles. The Morgan fingerprint density at radius 3 is 2.46 bits per heavy atom. The lowest BCUT2D eigenvalue weighted by Crippen LogP contribution is -2.36. The van der Waals surface area contributed by atoms with Crippen LogP contribution in [-0.2, 0) is 0 Å². The summed E-state index contributed by atoms with van der Waals surface area (Å²) in [6.07, 6.45) is 0. The number of guanidine groups is 1. The Labute approximate surface area is 163 Å². The molecule has 0 aliphatic heterocycles. The van der Waals surface area contributed by atoms with Gasteiger partial charge in [0.2, 0.25) is 0 Å². The number of hydrogen-bond donors (Lipinski definition) is 3. The Hall–Kier alpha value is -3.61. The van der Waals surface area contributed by atoms with E-state index >= 15 is 0 Å². The van der Waals surface area contributed by atoms with Crippen molar-refractivity contribution >= 4 is 22.8 Å². The number of nitrogens with one attached hydrogen (secondary N) is 2. The Morgan fingerprint density at radius 2 is 1.86 bits per heavy atom. The molecule has 28 heavy (non-hydrogen) atoms. The second-order valence-electron chi connectivity index (χ2n) is 6.37. The van der Waals surface area contributed by atoms with Gasteiger partial charge >= 0.3 is 0 Å². The van der Waals surface area contributed by atoms with Crippen molar-refractivity contribution < 1.29 is 14.3 Å². The fourth-order valence-electron chi connectivity index (χ4n) is 3.27. The minimum atomic E-state index is -0.490. The summed E-state index contributed by atoms with van der Waals surface area (Å²) in [7, 11) is 3.08. The van der Waals surface area contributed by atoms with Gasteiger partial charge < -0.3 is 15.2 Å². The molecule has 7 nitrogen and oxygen atoms in total. The third kappa shape index (κ3) is 3.34. The molecule has 0 bridgehead atoms. The van der Waals surface area contributed by atoms with Crippen LogP contribution >= 0.6 is 0 Å². The predicted octanol–water partition coefficient (Wildman–Crippen LogP) is 3.16. The van der Waals surface area contributed by atoms with Gasteiger partial charge in [-0.1, -0.05) is 24.3 Å². The molecule has 7 heteroatoms. The topological polar surface area (TPSA) is 110 Å². The summed E-state index contributed by atoms with van der Waals surface area (Å²) in [4.78, 5) is 17.8. The average Bonchev–Trinajstić information content (AvgIpc) is 2.66. The highest BCUT2D eigenvalue weighted by Gasteiger charge is 2.23. The molecule has 0 radical (unpaired) electrons. The number of aromatic nitrogens is 1. The zero-order valence-corrected chi connectivity index (χ0v) is 16.2. The van der Waals surface area contributed by atoms with E-state index in [0.717, 1.165) is 11.1 Å². The third-order valence-electron chi connectivity index (χ3n) is 4.60. The molecule has 0 fully saturated rings. The molecular formula is C21H22N4O3. The lowest BCUT2D eigenvalue weighted by Gasteiger charge is -2.18. The van der Waals surface area contributed by atoms with Crippen LogP contribution in [0.5, 0.6) is 11.5 Å². The minimum Gasteiger partial charge on any atom is -0.497 e. The molecule has 3 rings (SSSR count). The van der Waals surface area contributed by atoms with Gasteiger partial charge in [0.25, 0.3) is 5.91 Å². The summed E-state index contributed by atoms with van der Waals surface area (Å²) in [6, 6.07) is 11.3. The van der Waals surface area contributed by atoms with Crippen LogP contribution in [0, 0.1) is 19.3 Å². The number of carbonyl (C=O) groups excluding carboxylic acids is 1. The van der Waals surface area contributed by atoms with Gasteiger partial charge in [-0.2, -0.15) is 0 Å². The smallest absolute Gasteiger partial charge is 0.259 e. The number of amides is 1. The Bertz CT molecular complexity index is 1090. The quantitative estimate of drug-likeness (QED) is 0.477. The number of pyridine rings is 1. The van der Waals surface area contributed by atoms with Crippen LogP contribution in [0.2, 0.25) is 0 Å². The molecule has 144 valence electrons. The molecule has 0 spiro atoms. The summed E-state index contributed by atoms with van der Waals surface area (Å²) in [5, 5.41) is 10.4. The molecule has 0 saturated heterocycles. The molecule has 3 aromatic rings. The number of hydrogen-bond acceptors (Lipinski definition) is 5. The van der Waals surface area contributed by atoms with Gasteiger partial charge in [0, 0.05) is 17.7 Å². The second-order valence-corrected chi connectivity index (χ2v) is 6.37. The van der Waals surface area contributed by atoms with E-state index in [1.165, 1.54) is 7.11 Å². The molecule has 0 unspecified atom stereocenters. The molecular weight excluding hydrogens is 356 g/mol. The first-order chi connectivity index (χ1) is 13.4. The van der Waals surface area contributed by atoms with E-state index < -0.39 is 11.9 Å². The average molecular weight is 378 g/mol. The standard InChI is InChI=1S/C21H22N4O3/c1-11-7-5-6-8-14(11)19-12(2)17(20(26)25-21(22)23)18-15(24-19)9-13(27-3)10-16(18)28-4/h5-10H,1-4H3,(H4,22,23,25,26). The molecule has 0 atom stereocenters. The highest BCUT2D eigenvalue weighted by atomic mass is 16.5. The van der Waals surface area contributed by atoms with Crippen LogP contribution in [0.25, 0.3) is 22.2 Å². The summed E-state index contributed by atoms with van der Waals surface area (Å²) in [6.45, 7) is 3.81. The normalized spacial score (nSPS) is 10.6. The van der Waals surface area contributed by atoms with Gasteiger partial charge in [-0.3, -0.25) is 15.5 Å². The van der Waals surface area contributed by atoms with Crippen molar-refractivity contribution in [3.8, 4) is 22.8 Å². The van der Waals surface area contributed by atoms with Crippen molar-refractivity contribution in [3.05, 3.63) is 53.1 Å². The fourth-order valence-corrected chi connectivity index (χ4v) is 3.27. The van der Waals surface area contributed by atoms with Gasteiger partial charge in [0.05, 0.1) is 36.4 Å². The van der Waals surface area contributed by atoms with Crippen LogP contribution in [-0.4, -0.2) is 31.1 Å². The molecule has 0 aliphatic carbocycles. The largest absolute Gasteiger partial charge is 0.497 e. The number of carbonyl (C=O) groups is 1. The van der Waals surface area contributed by atoms with Crippen LogP contribution in [0.4, 0.5) is 0 Å². The number of rotatable bonds is 4. The monoisotopic (exact) mass is 378 g/mol. The number of ether oxygens (including phenoxy) is 2. The molecule has 2 aromatic carbocycles. The first-order valence-electron chi connectivity index (χ1n) is 8.65. The second kappa shape index (κ2) is 7.56. The van der Waals surface area contributed by atoms with Crippen LogP contribution in [0.3, 0.4) is 0 Å². The third-order valence-corrected chi connectivity index (χ3v) is 4.60. The van der Waals surface area contributed by atoms with Crippen molar-refractivity contribution in [2.45, 2.75) is 13.8 Å². The van der Waals surface area contributed by atoms with Gasteiger partial charge in [0.15, 0.2) is 5.96 Å². The van der Waals surface area contributed by atoms with Crippen LogP contribution in [0.15, 0.2) is 36.4 Å². The number of methoxy groups -OCH3 is 2. The summed E-state index contributed by atoms with van der Waals surface area (Å²) >= 11 is 0. The number of nitrogens with zero attached hydrogens (tertiary/aromatic N) is 1. The highest BCUT2D eigenvalue weighted by Crippen LogP contribution is 2.38. The maximum absolute atomic E-state index is 12.9. The Morgan fingerprint density at radius 1 is 1.14 bits per heavy atom. The van der Waals surface area contributed by atoms with Crippen molar-refractivity contribution in [2.24, 2.45) is 5.73 Å². The molecule has 0 saturated carbocycles. The van der Waals surface area contributed by atoms with Crippen LogP contribution in [0.1, 0.15) is 21.5 Å². The van der Waals surface area contributed by atoms with Gasteiger partial charge in [-0.25, -0.2) is 4.98 Å². The zero-order chi connectivity index (χ0) is 20.4. The lowest BCUT2D eigenvalue weighted by atomic mass is 9.94. The maximum Gasteiger partial charge on any atom is 0.259 e. The van der Waals surface area contributed by atoms with E-state index in [9.17, 15) is 4.79 Å². The van der Waals surface area contributed by atoms with Crippen molar-refractivity contribution in [1.29, 1.82) is 5.41 Å². The molecule has 1 amide bonds. The van der Waals surface area contributed by atoms with E-state index in [0.29, 0.717) is 39.2 Å². The van der Waals surface area contributed by atoms with E-state index in [4.69, 9.17) is 25.6 Å². The molecule has 0 aliphatic rings. The lowest BCUT2D eigenvalue weighted by molar-refractivity contribution is 0.0977. The number of benzene rings is 2. The van der Waals surface area contributed by atoms with E-state index in [1.54, 1.807) is 19.2 Å². The van der Waals surface area contributed by atoms with Crippen molar-refractivity contribution in [3.63, 3.8) is 0 Å². The minimum absolute atomic E-state index is 0.359.